The van der Waals surface area contributed by atoms with Crippen LogP contribution in [0.25, 0.3) is 0 Å². The average Bonchev–Trinajstić information content (AvgIpc) is 2.59. The van der Waals surface area contributed by atoms with Crippen LogP contribution >= 0.6 is 11.6 Å². The number of amides is 1. The molecule has 2 aromatic carbocycles. The lowest BCUT2D eigenvalue weighted by molar-refractivity contribution is -0.122. The SMILES string of the molecule is COC(=O)c1ccc(C)c(NC(=O)[C@@H](C)Oc2ccc(Cl)c(C)c2)c1. The van der Waals surface area contributed by atoms with E-state index in [1.165, 1.54) is 7.11 Å². The largest absolute Gasteiger partial charge is 0.481 e. The summed E-state index contributed by atoms with van der Waals surface area (Å²) in [5, 5.41) is 3.42. The van der Waals surface area contributed by atoms with Crippen molar-refractivity contribution in [3.05, 3.63) is 58.1 Å². The van der Waals surface area contributed by atoms with Crippen LogP contribution in [-0.2, 0) is 9.53 Å². The standard InChI is InChI=1S/C19H20ClNO4/c1-11-5-6-14(19(23)24-4)10-17(11)21-18(22)13(3)25-15-7-8-16(20)12(2)9-15/h5-10,13H,1-4H3,(H,21,22)/t13-/m1/s1. The van der Waals surface area contributed by atoms with Crippen LogP contribution < -0.4 is 10.1 Å². The number of nitrogens with one attached hydrogen (secondary N) is 1. The van der Waals surface area contributed by atoms with Gasteiger partial charge in [0.1, 0.15) is 5.75 Å². The van der Waals surface area contributed by atoms with Gasteiger partial charge in [0.15, 0.2) is 6.10 Å². The number of benzene rings is 2. The van der Waals surface area contributed by atoms with Gasteiger partial charge in [-0.15, -0.1) is 0 Å². The molecule has 0 aliphatic rings. The van der Waals surface area contributed by atoms with Crippen molar-refractivity contribution in [1.29, 1.82) is 0 Å². The van der Waals surface area contributed by atoms with Crippen molar-refractivity contribution in [1.82, 2.24) is 0 Å². The van der Waals surface area contributed by atoms with Gasteiger partial charge in [0, 0.05) is 10.7 Å². The van der Waals surface area contributed by atoms with E-state index >= 15 is 0 Å². The molecule has 132 valence electrons. The first-order valence-corrected chi connectivity index (χ1v) is 8.12. The molecule has 25 heavy (non-hydrogen) atoms. The van der Waals surface area contributed by atoms with Crippen LogP contribution in [0.5, 0.6) is 5.75 Å². The average molecular weight is 362 g/mol. The summed E-state index contributed by atoms with van der Waals surface area (Å²) in [6.45, 7) is 5.35. The van der Waals surface area contributed by atoms with Crippen molar-refractivity contribution < 1.29 is 19.1 Å². The molecule has 2 rings (SSSR count). The van der Waals surface area contributed by atoms with Crippen molar-refractivity contribution in [2.24, 2.45) is 0 Å². The predicted molar refractivity (Wildman–Crippen MR) is 97.4 cm³/mol. The first kappa shape index (κ1) is 18.8. The van der Waals surface area contributed by atoms with Crippen LogP contribution in [0.4, 0.5) is 5.69 Å². The fraction of sp³-hybridized carbons (Fsp3) is 0.263. The van der Waals surface area contributed by atoms with Crippen molar-refractivity contribution in [3.8, 4) is 5.75 Å². The Morgan fingerprint density at radius 2 is 1.80 bits per heavy atom. The minimum Gasteiger partial charge on any atom is -0.481 e. The number of hydrogen-bond donors (Lipinski definition) is 1. The summed E-state index contributed by atoms with van der Waals surface area (Å²) in [4.78, 5) is 24.0. The van der Waals surface area contributed by atoms with Gasteiger partial charge in [-0.25, -0.2) is 4.79 Å². The zero-order valence-corrected chi connectivity index (χ0v) is 15.3. The van der Waals surface area contributed by atoms with Crippen LogP contribution in [-0.4, -0.2) is 25.1 Å². The Kier molecular flexibility index (Phi) is 6.04. The molecule has 0 saturated heterocycles. The molecule has 0 saturated carbocycles. The molecular weight excluding hydrogens is 342 g/mol. The monoisotopic (exact) mass is 361 g/mol. The molecule has 0 heterocycles. The number of halogens is 1. The number of aryl methyl sites for hydroxylation is 2. The van der Waals surface area contributed by atoms with E-state index in [0.717, 1.165) is 11.1 Å². The van der Waals surface area contributed by atoms with E-state index in [9.17, 15) is 9.59 Å². The molecule has 1 N–H and O–H groups in total. The summed E-state index contributed by atoms with van der Waals surface area (Å²) in [5.41, 5.74) is 2.60. The minimum atomic E-state index is -0.721. The first-order chi connectivity index (χ1) is 11.8. The third kappa shape index (κ3) is 4.73. The molecule has 0 unspecified atom stereocenters. The van der Waals surface area contributed by atoms with Gasteiger partial charge in [-0.05, 0) is 62.2 Å². The molecule has 0 aliphatic heterocycles. The summed E-state index contributed by atoms with van der Waals surface area (Å²) < 4.78 is 10.4. The maximum atomic E-state index is 12.4. The zero-order chi connectivity index (χ0) is 18.6. The molecule has 0 bridgehead atoms. The molecule has 0 fully saturated rings. The third-order valence-electron chi connectivity index (χ3n) is 3.73. The van der Waals surface area contributed by atoms with Gasteiger partial charge in [0.05, 0.1) is 12.7 Å². The molecule has 2 aromatic rings. The van der Waals surface area contributed by atoms with Crippen molar-refractivity contribution in [2.45, 2.75) is 26.9 Å². The van der Waals surface area contributed by atoms with E-state index in [0.29, 0.717) is 22.0 Å². The van der Waals surface area contributed by atoms with Crippen LogP contribution in [0.2, 0.25) is 5.02 Å². The van der Waals surface area contributed by atoms with E-state index in [1.807, 2.05) is 13.8 Å². The van der Waals surface area contributed by atoms with E-state index in [4.69, 9.17) is 21.1 Å². The number of esters is 1. The number of carbonyl (C=O) groups is 2. The fourth-order valence-electron chi connectivity index (χ4n) is 2.18. The molecule has 1 amide bonds. The van der Waals surface area contributed by atoms with Gasteiger partial charge >= 0.3 is 5.97 Å². The van der Waals surface area contributed by atoms with Crippen LogP contribution in [0.3, 0.4) is 0 Å². The molecule has 0 spiro atoms. The molecule has 0 radical (unpaired) electrons. The number of anilines is 1. The Morgan fingerprint density at radius 1 is 1.08 bits per heavy atom. The maximum absolute atomic E-state index is 12.4. The molecular formula is C19H20ClNO4. The van der Waals surface area contributed by atoms with Gasteiger partial charge in [0.25, 0.3) is 5.91 Å². The highest BCUT2D eigenvalue weighted by Gasteiger charge is 2.17. The quantitative estimate of drug-likeness (QED) is 0.812. The third-order valence-corrected chi connectivity index (χ3v) is 4.15. The number of carbonyl (C=O) groups excluding carboxylic acids is 2. The maximum Gasteiger partial charge on any atom is 0.337 e. The highest BCUT2D eigenvalue weighted by Crippen LogP contribution is 2.23. The fourth-order valence-corrected chi connectivity index (χ4v) is 2.30. The van der Waals surface area contributed by atoms with Crippen LogP contribution in [0.1, 0.15) is 28.4 Å². The van der Waals surface area contributed by atoms with Crippen LogP contribution in [0, 0.1) is 13.8 Å². The van der Waals surface area contributed by atoms with Crippen molar-refractivity contribution in [2.75, 3.05) is 12.4 Å². The molecule has 0 aliphatic carbocycles. The first-order valence-electron chi connectivity index (χ1n) is 7.74. The Balaban J connectivity index is 2.10. The normalized spacial score (nSPS) is 11.6. The second-order valence-electron chi connectivity index (χ2n) is 5.68. The lowest BCUT2D eigenvalue weighted by Crippen LogP contribution is -2.30. The van der Waals surface area contributed by atoms with Gasteiger partial charge in [-0.3, -0.25) is 4.79 Å². The highest BCUT2D eigenvalue weighted by atomic mass is 35.5. The summed E-state index contributed by atoms with van der Waals surface area (Å²) in [5.74, 6) is -0.223. The van der Waals surface area contributed by atoms with E-state index in [2.05, 4.69) is 5.32 Å². The number of ether oxygens (including phenoxy) is 2. The van der Waals surface area contributed by atoms with Gasteiger partial charge in [0.2, 0.25) is 0 Å². The summed E-state index contributed by atoms with van der Waals surface area (Å²) in [6.07, 6.45) is -0.721. The molecule has 0 aromatic heterocycles. The minimum absolute atomic E-state index is 0.322. The lowest BCUT2D eigenvalue weighted by atomic mass is 10.1. The van der Waals surface area contributed by atoms with E-state index in [-0.39, 0.29) is 5.91 Å². The number of hydrogen-bond acceptors (Lipinski definition) is 4. The van der Waals surface area contributed by atoms with E-state index in [1.54, 1.807) is 43.3 Å². The van der Waals surface area contributed by atoms with Crippen LogP contribution in [0.15, 0.2) is 36.4 Å². The smallest absolute Gasteiger partial charge is 0.337 e. The Hall–Kier alpha value is -2.53. The molecule has 1 atom stereocenters. The van der Waals surface area contributed by atoms with Crippen molar-refractivity contribution in [3.63, 3.8) is 0 Å². The number of methoxy groups -OCH3 is 1. The second-order valence-corrected chi connectivity index (χ2v) is 6.09. The topological polar surface area (TPSA) is 64.6 Å². The summed E-state index contributed by atoms with van der Waals surface area (Å²) in [7, 11) is 1.31. The zero-order valence-electron chi connectivity index (χ0n) is 14.6. The Labute approximate surface area is 151 Å². The Bertz CT molecular complexity index is 804. The summed E-state index contributed by atoms with van der Waals surface area (Å²) >= 11 is 5.98. The molecule has 6 heteroatoms. The van der Waals surface area contributed by atoms with Gasteiger partial charge in [-0.1, -0.05) is 17.7 Å². The second kappa shape index (κ2) is 8.03. The van der Waals surface area contributed by atoms with Gasteiger partial charge < -0.3 is 14.8 Å². The summed E-state index contributed by atoms with van der Waals surface area (Å²) in [6, 6.07) is 10.2. The Morgan fingerprint density at radius 3 is 2.44 bits per heavy atom. The highest BCUT2D eigenvalue weighted by molar-refractivity contribution is 6.31. The molecule has 5 nitrogen and oxygen atoms in total. The van der Waals surface area contributed by atoms with Crippen molar-refractivity contribution >= 4 is 29.2 Å². The lowest BCUT2D eigenvalue weighted by Gasteiger charge is -2.16. The number of rotatable bonds is 5. The van der Waals surface area contributed by atoms with Gasteiger partial charge in [-0.2, -0.15) is 0 Å². The predicted octanol–water partition coefficient (Wildman–Crippen LogP) is 4.15. The van der Waals surface area contributed by atoms with E-state index < -0.39 is 12.1 Å².